The largest absolute Gasteiger partial charge is 0.480 e. The standard InChI is InChI=1S/C26H43NO5/c1-15(4-7-22(30)27-14-23(31)32)18-5-6-19-24-20(9-11-26(18,19)3)25(2)10-8-17(28)12-16(25)13-21(24)29/h15-21,24,28-29H,4-14H2,1-3H3,(H,27,30)(H,31,32)/t15-,16+,17-,18-,19?,20?,21+,24?,25+,26-/m0/s1. The second-order valence-corrected chi connectivity index (χ2v) is 12.1. The minimum absolute atomic E-state index is 0.177. The normalized spacial score (nSPS) is 46.5. The number of aliphatic hydroxyl groups excluding tert-OH is 2. The highest BCUT2D eigenvalue weighted by atomic mass is 16.4. The molecule has 4 rings (SSSR count). The molecule has 4 aliphatic carbocycles. The molecule has 0 aromatic carbocycles. The Hall–Kier alpha value is -1.14. The number of hydrogen-bond acceptors (Lipinski definition) is 4. The molecule has 1 amide bonds. The number of carbonyl (C=O) groups is 2. The van der Waals surface area contributed by atoms with Gasteiger partial charge in [0.05, 0.1) is 12.2 Å². The van der Waals surface area contributed by atoms with Gasteiger partial charge >= 0.3 is 5.97 Å². The fourth-order valence-electron chi connectivity index (χ4n) is 9.00. The van der Waals surface area contributed by atoms with Crippen molar-refractivity contribution < 1.29 is 24.9 Å². The molecule has 0 aromatic rings. The Morgan fingerprint density at radius 3 is 2.41 bits per heavy atom. The lowest BCUT2D eigenvalue weighted by molar-refractivity contribution is -0.174. The molecule has 0 saturated heterocycles. The maximum Gasteiger partial charge on any atom is 0.322 e. The molecular weight excluding hydrogens is 406 g/mol. The summed E-state index contributed by atoms with van der Waals surface area (Å²) in [6, 6.07) is 0. The van der Waals surface area contributed by atoms with Gasteiger partial charge in [0.1, 0.15) is 6.54 Å². The number of fused-ring (bicyclic) bond motifs is 5. The number of rotatable bonds is 6. The molecule has 0 spiro atoms. The van der Waals surface area contributed by atoms with Crippen LogP contribution in [0.15, 0.2) is 0 Å². The number of hydrogen-bond donors (Lipinski definition) is 4. The summed E-state index contributed by atoms with van der Waals surface area (Å²) in [5.41, 5.74) is 0.451. The Labute approximate surface area is 192 Å². The predicted molar refractivity (Wildman–Crippen MR) is 122 cm³/mol. The predicted octanol–water partition coefficient (Wildman–Crippen LogP) is 3.59. The van der Waals surface area contributed by atoms with Gasteiger partial charge in [0.25, 0.3) is 0 Å². The second kappa shape index (κ2) is 8.90. The molecular formula is C26H43NO5. The zero-order valence-electron chi connectivity index (χ0n) is 20.1. The van der Waals surface area contributed by atoms with Gasteiger partial charge in [-0.05, 0) is 104 Å². The Kier molecular flexibility index (Phi) is 6.68. The van der Waals surface area contributed by atoms with Crippen molar-refractivity contribution in [3.05, 3.63) is 0 Å². The number of carboxylic acid groups (broad SMARTS) is 1. The van der Waals surface area contributed by atoms with Gasteiger partial charge in [-0.3, -0.25) is 9.59 Å². The van der Waals surface area contributed by atoms with E-state index in [2.05, 4.69) is 26.1 Å². The van der Waals surface area contributed by atoms with Crippen LogP contribution in [0.1, 0.15) is 85.0 Å². The van der Waals surface area contributed by atoms with Gasteiger partial charge in [-0.1, -0.05) is 20.8 Å². The fourth-order valence-corrected chi connectivity index (χ4v) is 9.00. The van der Waals surface area contributed by atoms with Gasteiger partial charge in [-0.2, -0.15) is 0 Å². The molecule has 6 heteroatoms. The molecule has 182 valence electrons. The van der Waals surface area contributed by atoms with Crippen molar-refractivity contribution in [2.45, 2.75) is 97.2 Å². The van der Waals surface area contributed by atoms with E-state index in [9.17, 15) is 19.8 Å². The van der Waals surface area contributed by atoms with Crippen LogP contribution in [-0.2, 0) is 9.59 Å². The third kappa shape index (κ3) is 4.11. The van der Waals surface area contributed by atoms with E-state index in [1.165, 1.54) is 12.8 Å². The first kappa shape index (κ1) is 24.0. The SMILES string of the molecule is C[C@@H](CCC(=O)NCC(=O)O)[C@@H]1CCC2C3C(CC[C@]21C)[C@]1(C)CC[C@H](O)C[C@@H]1C[C@H]3O. The first-order chi connectivity index (χ1) is 15.1. The minimum atomic E-state index is -1.01. The smallest absolute Gasteiger partial charge is 0.322 e. The topological polar surface area (TPSA) is 107 Å². The Morgan fingerprint density at radius 2 is 1.69 bits per heavy atom. The molecule has 6 nitrogen and oxygen atoms in total. The Bertz CT molecular complexity index is 727. The average Bonchev–Trinajstić information content (AvgIpc) is 3.09. The van der Waals surface area contributed by atoms with E-state index in [0.29, 0.717) is 41.9 Å². The summed E-state index contributed by atoms with van der Waals surface area (Å²) in [4.78, 5) is 22.7. The van der Waals surface area contributed by atoms with Gasteiger partial charge < -0.3 is 20.6 Å². The molecule has 3 unspecified atom stereocenters. The van der Waals surface area contributed by atoms with Crippen molar-refractivity contribution in [1.29, 1.82) is 0 Å². The van der Waals surface area contributed by atoms with Crippen LogP contribution >= 0.6 is 0 Å². The van der Waals surface area contributed by atoms with Crippen LogP contribution in [0.4, 0.5) is 0 Å². The van der Waals surface area contributed by atoms with Crippen LogP contribution in [0.2, 0.25) is 0 Å². The lowest BCUT2D eigenvalue weighted by Gasteiger charge is -2.62. The number of carboxylic acids is 1. The molecule has 4 saturated carbocycles. The molecule has 0 heterocycles. The van der Waals surface area contributed by atoms with E-state index in [0.717, 1.165) is 44.9 Å². The zero-order valence-corrected chi connectivity index (χ0v) is 20.1. The van der Waals surface area contributed by atoms with Crippen LogP contribution in [0.25, 0.3) is 0 Å². The summed E-state index contributed by atoms with van der Waals surface area (Å²) in [5, 5.41) is 32.8. The molecule has 10 atom stereocenters. The quantitative estimate of drug-likeness (QED) is 0.496. The van der Waals surface area contributed by atoms with Gasteiger partial charge in [-0.15, -0.1) is 0 Å². The van der Waals surface area contributed by atoms with Gasteiger partial charge in [0.15, 0.2) is 0 Å². The van der Waals surface area contributed by atoms with Crippen molar-refractivity contribution >= 4 is 11.9 Å². The molecule has 0 aromatic heterocycles. The third-order valence-electron chi connectivity index (χ3n) is 10.7. The molecule has 0 radical (unpaired) electrons. The number of aliphatic hydroxyl groups is 2. The second-order valence-electron chi connectivity index (χ2n) is 12.1. The van der Waals surface area contributed by atoms with Crippen LogP contribution in [-0.4, -0.2) is 45.9 Å². The van der Waals surface area contributed by atoms with E-state index in [4.69, 9.17) is 5.11 Å². The van der Waals surface area contributed by atoms with Crippen molar-refractivity contribution in [3.63, 3.8) is 0 Å². The van der Waals surface area contributed by atoms with Crippen molar-refractivity contribution in [3.8, 4) is 0 Å². The summed E-state index contributed by atoms with van der Waals surface area (Å²) in [6.07, 6.45) is 9.06. The lowest BCUT2D eigenvalue weighted by atomic mass is 9.43. The zero-order chi connectivity index (χ0) is 23.3. The summed E-state index contributed by atoms with van der Waals surface area (Å²) < 4.78 is 0. The molecule has 4 N–H and O–H groups in total. The maximum absolute atomic E-state index is 12.0. The lowest BCUT2D eigenvalue weighted by Crippen LogP contribution is -2.58. The van der Waals surface area contributed by atoms with E-state index in [-0.39, 0.29) is 35.5 Å². The number of nitrogens with one attached hydrogen (secondary N) is 1. The molecule has 32 heavy (non-hydrogen) atoms. The molecule has 4 aliphatic rings. The minimum Gasteiger partial charge on any atom is -0.480 e. The molecule has 0 aliphatic heterocycles. The van der Waals surface area contributed by atoms with E-state index >= 15 is 0 Å². The highest BCUT2D eigenvalue weighted by Gasteiger charge is 2.62. The van der Waals surface area contributed by atoms with Gasteiger partial charge in [0, 0.05) is 6.42 Å². The van der Waals surface area contributed by atoms with E-state index in [1.807, 2.05) is 0 Å². The fraction of sp³-hybridized carbons (Fsp3) is 0.923. The molecule has 4 fully saturated rings. The number of carbonyl (C=O) groups excluding carboxylic acids is 1. The summed E-state index contributed by atoms with van der Waals surface area (Å²) in [7, 11) is 0. The maximum atomic E-state index is 12.0. The summed E-state index contributed by atoms with van der Waals surface area (Å²) in [6.45, 7) is 6.83. The molecule has 0 bridgehead atoms. The first-order valence-corrected chi connectivity index (χ1v) is 12.9. The van der Waals surface area contributed by atoms with Crippen LogP contribution < -0.4 is 5.32 Å². The Morgan fingerprint density at radius 1 is 1.00 bits per heavy atom. The van der Waals surface area contributed by atoms with Gasteiger partial charge in [-0.25, -0.2) is 0 Å². The van der Waals surface area contributed by atoms with Crippen LogP contribution in [0, 0.1) is 46.3 Å². The van der Waals surface area contributed by atoms with Crippen molar-refractivity contribution in [2.24, 2.45) is 46.3 Å². The van der Waals surface area contributed by atoms with E-state index in [1.54, 1.807) is 0 Å². The van der Waals surface area contributed by atoms with E-state index < -0.39 is 5.97 Å². The number of aliphatic carboxylic acids is 1. The van der Waals surface area contributed by atoms with Gasteiger partial charge in [0.2, 0.25) is 5.91 Å². The highest BCUT2D eigenvalue weighted by Crippen LogP contribution is 2.68. The monoisotopic (exact) mass is 449 g/mol. The summed E-state index contributed by atoms with van der Waals surface area (Å²) >= 11 is 0. The van der Waals surface area contributed by atoms with Crippen LogP contribution in [0.3, 0.4) is 0 Å². The van der Waals surface area contributed by atoms with Crippen molar-refractivity contribution in [1.82, 2.24) is 5.32 Å². The van der Waals surface area contributed by atoms with Crippen LogP contribution in [0.5, 0.6) is 0 Å². The summed E-state index contributed by atoms with van der Waals surface area (Å²) in [5.74, 6) is 1.66. The first-order valence-electron chi connectivity index (χ1n) is 12.9. The average molecular weight is 450 g/mol. The van der Waals surface area contributed by atoms with Crippen molar-refractivity contribution in [2.75, 3.05) is 6.54 Å². The highest BCUT2D eigenvalue weighted by molar-refractivity contribution is 5.81. The third-order valence-corrected chi connectivity index (χ3v) is 10.7. The number of amides is 1. The Balaban J connectivity index is 1.44.